The Morgan fingerprint density at radius 1 is 1.41 bits per heavy atom. The largest absolute Gasteiger partial charge is 0.512 e. The molecule has 0 unspecified atom stereocenters. The average Bonchev–Trinajstić information content (AvgIpc) is 2.30. The van der Waals surface area contributed by atoms with E-state index in [1.807, 2.05) is 0 Å². The molecule has 6 heteroatoms. The second kappa shape index (κ2) is 7.45. The zero-order valence-electron chi connectivity index (χ0n) is 9.59. The van der Waals surface area contributed by atoms with Crippen molar-refractivity contribution in [2.75, 3.05) is 20.3 Å². The Labute approximate surface area is 99.1 Å². The first-order valence-corrected chi connectivity index (χ1v) is 5.21. The molecule has 0 aliphatic heterocycles. The lowest BCUT2D eigenvalue weighted by molar-refractivity contribution is 0.139. The molecule has 0 saturated heterocycles. The summed E-state index contributed by atoms with van der Waals surface area (Å²) < 4.78 is 14.8. The van der Waals surface area contributed by atoms with Crippen molar-refractivity contribution < 1.29 is 24.1 Å². The lowest BCUT2D eigenvalue weighted by Crippen LogP contribution is -2.07. The van der Waals surface area contributed by atoms with E-state index in [4.69, 9.17) is 14.6 Å². The molecule has 1 rings (SSSR count). The molecule has 1 aromatic rings. The number of hydrogen-bond acceptors (Lipinski definition) is 5. The minimum atomic E-state index is -1.41. The minimum absolute atomic E-state index is 0.0354. The first kappa shape index (κ1) is 13.2. The van der Waals surface area contributed by atoms with Crippen LogP contribution >= 0.6 is 0 Å². The quantitative estimate of drug-likeness (QED) is 0.580. The van der Waals surface area contributed by atoms with Crippen LogP contribution in [0.1, 0.15) is 12.8 Å². The highest BCUT2D eigenvalue weighted by Gasteiger charge is 2.09. The van der Waals surface area contributed by atoms with Gasteiger partial charge in [0.15, 0.2) is 5.75 Å². The van der Waals surface area contributed by atoms with Crippen LogP contribution in [-0.2, 0) is 4.74 Å². The van der Waals surface area contributed by atoms with Gasteiger partial charge in [0.25, 0.3) is 5.88 Å². The maximum atomic E-state index is 10.4. The highest BCUT2D eigenvalue weighted by atomic mass is 16.7. The lowest BCUT2D eigenvalue weighted by Gasteiger charge is -2.08. The van der Waals surface area contributed by atoms with Gasteiger partial charge in [-0.05, 0) is 25.0 Å². The number of methoxy groups -OCH3 is 1. The van der Waals surface area contributed by atoms with Gasteiger partial charge in [0.1, 0.15) is 0 Å². The van der Waals surface area contributed by atoms with Gasteiger partial charge in [-0.3, -0.25) is 0 Å². The summed E-state index contributed by atoms with van der Waals surface area (Å²) in [5.74, 6) is 0.291. The van der Waals surface area contributed by atoms with E-state index >= 15 is 0 Å². The maximum absolute atomic E-state index is 10.4. The summed E-state index contributed by atoms with van der Waals surface area (Å²) in [4.78, 5) is 14.2. The summed E-state index contributed by atoms with van der Waals surface area (Å²) in [5, 5.41) is 8.50. The van der Waals surface area contributed by atoms with Crippen LogP contribution in [-0.4, -0.2) is 36.6 Å². The van der Waals surface area contributed by atoms with Gasteiger partial charge in [0.2, 0.25) is 0 Å². The van der Waals surface area contributed by atoms with Crippen LogP contribution in [0.15, 0.2) is 18.3 Å². The van der Waals surface area contributed by atoms with E-state index in [0.29, 0.717) is 19.0 Å². The number of unbranched alkanes of at least 4 members (excludes halogenated alkanes) is 1. The number of nitrogens with zero attached hydrogens (tertiary/aromatic N) is 1. The van der Waals surface area contributed by atoms with E-state index in [-0.39, 0.29) is 5.88 Å². The number of hydrogen-bond donors (Lipinski definition) is 1. The highest BCUT2D eigenvalue weighted by Crippen LogP contribution is 2.23. The van der Waals surface area contributed by atoms with Crippen LogP contribution in [0, 0.1) is 0 Å². The van der Waals surface area contributed by atoms with Crippen molar-refractivity contribution in [1.29, 1.82) is 0 Å². The summed E-state index contributed by atoms with van der Waals surface area (Å²) in [6.45, 7) is 1.14. The number of carboxylic acid groups (broad SMARTS) is 1. The minimum Gasteiger partial charge on any atom is -0.488 e. The molecule has 6 nitrogen and oxygen atoms in total. The maximum Gasteiger partial charge on any atom is 0.512 e. The van der Waals surface area contributed by atoms with Gasteiger partial charge in [-0.15, -0.1) is 0 Å². The van der Waals surface area contributed by atoms with Gasteiger partial charge in [-0.1, -0.05) is 0 Å². The van der Waals surface area contributed by atoms with E-state index in [1.165, 1.54) is 6.20 Å². The second-order valence-electron chi connectivity index (χ2n) is 3.22. The highest BCUT2D eigenvalue weighted by molar-refractivity contribution is 5.61. The third-order valence-electron chi connectivity index (χ3n) is 1.92. The van der Waals surface area contributed by atoms with Gasteiger partial charge in [-0.25, -0.2) is 9.78 Å². The fraction of sp³-hybridized carbons (Fsp3) is 0.455. The van der Waals surface area contributed by atoms with Gasteiger partial charge < -0.3 is 19.3 Å². The first-order chi connectivity index (χ1) is 8.24. The molecule has 0 spiro atoms. The number of pyridine rings is 1. The standard InChI is InChI=1S/C11H15NO5/c1-15-7-2-3-8-16-9-5-4-6-12-10(9)17-11(13)14/h4-6H,2-3,7-8H2,1H3,(H,13,14). The van der Waals surface area contributed by atoms with Crippen molar-refractivity contribution in [3.8, 4) is 11.6 Å². The summed E-state index contributed by atoms with van der Waals surface area (Å²) in [6, 6.07) is 3.26. The Balaban J connectivity index is 2.43. The number of aromatic nitrogens is 1. The Bertz CT molecular complexity index is 355. The molecule has 0 fully saturated rings. The van der Waals surface area contributed by atoms with Crippen molar-refractivity contribution in [1.82, 2.24) is 4.98 Å². The van der Waals surface area contributed by atoms with Gasteiger partial charge >= 0.3 is 6.16 Å². The van der Waals surface area contributed by atoms with Gasteiger partial charge in [0.05, 0.1) is 6.61 Å². The molecule has 94 valence electrons. The monoisotopic (exact) mass is 241 g/mol. The third kappa shape index (κ3) is 5.17. The Morgan fingerprint density at radius 2 is 2.18 bits per heavy atom. The predicted octanol–water partition coefficient (Wildman–Crippen LogP) is 1.94. The summed E-state index contributed by atoms with van der Waals surface area (Å²) >= 11 is 0. The van der Waals surface area contributed by atoms with Crippen LogP contribution in [0.2, 0.25) is 0 Å². The zero-order valence-corrected chi connectivity index (χ0v) is 9.59. The summed E-state index contributed by atoms with van der Waals surface area (Å²) in [6.07, 6.45) is 1.73. The Morgan fingerprint density at radius 3 is 2.88 bits per heavy atom. The Hall–Kier alpha value is -1.82. The van der Waals surface area contributed by atoms with Gasteiger partial charge in [0, 0.05) is 19.9 Å². The average molecular weight is 241 g/mol. The third-order valence-corrected chi connectivity index (χ3v) is 1.92. The van der Waals surface area contributed by atoms with E-state index in [9.17, 15) is 4.79 Å². The van der Waals surface area contributed by atoms with Crippen LogP contribution in [0.25, 0.3) is 0 Å². The fourth-order valence-corrected chi connectivity index (χ4v) is 1.18. The SMILES string of the molecule is COCCCCOc1cccnc1OC(=O)O. The molecule has 0 atom stereocenters. The molecule has 1 aromatic heterocycles. The predicted molar refractivity (Wildman–Crippen MR) is 59.5 cm³/mol. The normalized spacial score (nSPS) is 9.94. The van der Waals surface area contributed by atoms with Crippen molar-refractivity contribution in [2.24, 2.45) is 0 Å². The number of carbonyl (C=O) groups is 1. The fourth-order valence-electron chi connectivity index (χ4n) is 1.18. The van der Waals surface area contributed by atoms with Crippen molar-refractivity contribution >= 4 is 6.16 Å². The molecule has 17 heavy (non-hydrogen) atoms. The second-order valence-corrected chi connectivity index (χ2v) is 3.22. The summed E-state index contributed by atoms with van der Waals surface area (Å²) in [5.41, 5.74) is 0. The Kier molecular flexibility index (Phi) is 5.81. The van der Waals surface area contributed by atoms with Crippen molar-refractivity contribution in [3.63, 3.8) is 0 Å². The van der Waals surface area contributed by atoms with Crippen LogP contribution in [0.5, 0.6) is 11.6 Å². The molecule has 0 radical (unpaired) electrons. The van der Waals surface area contributed by atoms with Gasteiger partial charge in [-0.2, -0.15) is 0 Å². The number of ether oxygens (including phenoxy) is 3. The van der Waals surface area contributed by atoms with E-state index < -0.39 is 6.16 Å². The molecule has 0 bridgehead atoms. The molecule has 0 saturated carbocycles. The molecule has 0 aromatic carbocycles. The van der Waals surface area contributed by atoms with Crippen LogP contribution in [0.3, 0.4) is 0 Å². The molecule has 0 aliphatic rings. The van der Waals surface area contributed by atoms with E-state index in [1.54, 1.807) is 19.2 Å². The first-order valence-electron chi connectivity index (χ1n) is 5.21. The number of rotatable bonds is 7. The summed E-state index contributed by atoms with van der Waals surface area (Å²) in [7, 11) is 1.64. The molecule has 0 amide bonds. The smallest absolute Gasteiger partial charge is 0.488 e. The molecule has 0 aliphatic carbocycles. The van der Waals surface area contributed by atoms with Crippen molar-refractivity contribution in [2.45, 2.75) is 12.8 Å². The van der Waals surface area contributed by atoms with Crippen LogP contribution < -0.4 is 9.47 Å². The van der Waals surface area contributed by atoms with E-state index in [0.717, 1.165) is 12.8 Å². The zero-order chi connectivity index (χ0) is 12.5. The van der Waals surface area contributed by atoms with Crippen LogP contribution in [0.4, 0.5) is 4.79 Å². The van der Waals surface area contributed by atoms with E-state index in [2.05, 4.69) is 9.72 Å². The lowest BCUT2D eigenvalue weighted by atomic mass is 10.3. The molecular weight excluding hydrogens is 226 g/mol. The topological polar surface area (TPSA) is 77.9 Å². The molecular formula is C11H15NO5. The molecule has 1 heterocycles. The van der Waals surface area contributed by atoms with Crippen molar-refractivity contribution in [3.05, 3.63) is 18.3 Å². The molecule has 1 N–H and O–H groups in total.